The fourth-order valence-corrected chi connectivity index (χ4v) is 3.73. The van der Waals surface area contributed by atoms with Crippen molar-refractivity contribution in [3.05, 3.63) is 60.2 Å². The number of carbonyl (C=O) groups excluding carboxylic acids is 1. The van der Waals surface area contributed by atoms with Gasteiger partial charge in [0.1, 0.15) is 0 Å². The number of ether oxygens (including phenoxy) is 1. The molecule has 5 aromatic rings. The molecule has 25 heavy (non-hydrogen) atoms. The summed E-state index contributed by atoms with van der Waals surface area (Å²) in [5, 5.41) is 4.46. The zero-order valence-electron chi connectivity index (χ0n) is 13.7. The van der Waals surface area contributed by atoms with Crippen LogP contribution in [-0.2, 0) is 4.74 Å². The van der Waals surface area contributed by atoms with Gasteiger partial charge in [-0.15, -0.1) is 0 Å². The van der Waals surface area contributed by atoms with Crippen LogP contribution in [0.2, 0.25) is 0 Å². The number of rotatable bonds is 2. The Morgan fingerprint density at radius 1 is 0.880 bits per heavy atom. The lowest BCUT2D eigenvalue weighted by Gasteiger charge is -2.05. The molecule has 0 aliphatic rings. The van der Waals surface area contributed by atoms with E-state index in [2.05, 4.69) is 28.2 Å². The number of para-hydroxylation sites is 2. The van der Waals surface area contributed by atoms with Gasteiger partial charge in [0.05, 0.1) is 17.7 Å². The van der Waals surface area contributed by atoms with Gasteiger partial charge in [-0.25, -0.2) is 4.79 Å². The van der Waals surface area contributed by atoms with Gasteiger partial charge in [-0.05, 0) is 25.1 Å². The summed E-state index contributed by atoms with van der Waals surface area (Å²) in [6, 6.07) is 18.2. The number of benzene rings is 3. The summed E-state index contributed by atoms with van der Waals surface area (Å²) in [7, 11) is 0. The van der Waals surface area contributed by atoms with Crippen LogP contribution in [0.25, 0.3) is 43.6 Å². The van der Waals surface area contributed by atoms with Crippen molar-refractivity contribution in [2.45, 2.75) is 6.92 Å². The van der Waals surface area contributed by atoms with Crippen molar-refractivity contribution in [1.29, 1.82) is 0 Å². The van der Waals surface area contributed by atoms with E-state index in [9.17, 15) is 4.79 Å². The van der Waals surface area contributed by atoms with Crippen LogP contribution in [-0.4, -0.2) is 22.5 Å². The molecule has 0 amide bonds. The minimum absolute atomic E-state index is 0.306. The Kier molecular flexibility index (Phi) is 2.88. The molecule has 2 aromatic heterocycles. The molecule has 2 heterocycles. The second-order valence-corrected chi connectivity index (χ2v) is 6.16. The standard InChI is InChI=1S/C21H16N2O2/c1-2-25-21(24)14-11-17-18(12-7-3-5-9-15(12)22-17)19-13-8-4-6-10-16(13)23-20(14)19/h3-11,22-23H,2H2,1H3. The third-order valence-corrected chi connectivity index (χ3v) is 4.74. The first-order valence-corrected chi connectivity index (χ1v) is 8.39. The zero-order chi connectivity index (χ0) is 17.0. The molecule has 0 fully saturated rings. The first-order chi connectivity index (χ1) is 12.3. The number of hydrogen-bond donors (Lipinski definition) is 2. The molecule has 3 aromatic carbocycles. The number of H-pyrrole nitrogens is 2. The van der Waals surface area contributed by atoms with Gasteiger partial charge in [-0.3, -0.25) is 0 Å². The summed E-state index contributed by atoms with van der Waals surface area (Å²) in [6.45, 7) is 2.17. The van der Waals surface area contributed by atoms with Crippen LogP contribution >= 0.6 is 0 Å². The molecule has 0 aliphatic heterocycles. The molecule has 122 valence electrons. The van der Waals surface area contributed by atoms with Crippen LogP contribution in [0.1, 0.15) is 17.3 Å². The number of aromatic amines is 2. The van der Waals surface area contributed by atoms with E-state index >= 15 is 0 Å². The highest BCUT2D eigenvalue weighted by molar-refractivity contribution is 6.30. The number of esters is 1. The smallest absolute Gasteiger partial charge is 0.340 e. The van der Waals surface area contributed by atoms with E-state index < -0.39 is 0 Å². The quantitative estimate of drug-likeness (QED) is 0.441. The Hall–Kier alpha value is -3.27. The monoisotopic (exact) mass is 328 g/mol. The molecule has 0 unspecified atom stereocenters. The molecular formula is C21H16N2O2. The Balaban J connectivity index is 2.05. The van der Waals surface area contributed by atoms with Crippen molar-refractivity contribution in [3.8, 4) is 0 Å². The van der Waals surface area contributed by atoms with E-state index in [4.69, 9.17) is 4.74 Å². The molecular weight excluding hydrogens is 312 g/mol. The first-order valence-electron chi connectivity index (χ1n) is 8.39. The number of aromatic nitrogens is 2. The van der Waals surface area contributed by atoms with E-state index in [1.807, 2.05) is 43.3 Å². The molecule has 0 aliphatic carbocycles. The van der Waals surface area contributed by atoms with Crippen molar-refractivity contribution in [1.82, 2.24) is 9.97 Å². The molecule has 0 atom stereocenters. The lowest BCUT2D eigenvalue weighted by molar-refractivity contribution is 0.0528. The van der Waals surface area contributed by atoms with Gasteiger partial charge in [0.2, 0.25) is 0 Å². The Morgan fingerprint density at radius 2 is 1.52 bits per heavy atom. The summed E-state index contributed by atoms with van der Waals surface area (Å²) in [5.74, 6) is -0.306. The number of carbonyl (C=O) groups is 1. The highest BCUT2D eigenvalue weighted by atomic mass is 16.5. The molecule has 0 saturated carbocycles. The van der Waals surface area contributed by atoms with Crippen molar-refractivity contribution >= 4 is 49.6 Å². The van der Waals surface area contributed by atoms with E-state index in [-0.39, 0.29) is 5.97 Å². The van der Waals surface area contributed by atoms with Gasteiger partial charge in [0.25, 0.3) is 0 Å². The summed E-state index contributed by atoms with van der Waals surface area (Å²) in [6.07, 6.45) is 0. The first kappa shape index (κ1) is 14.1. The lowest BCUT2D eigenvalue weighted by Crippen LogP contribution is -2.05. The van der Waals surface area contributed by atoms with Crippen LogP contribution in [0.15, 0.2) is 54.6 Å². The van der Waals surface area contributed by atoms with Crippen molar-refractivity contribution < 1.29 is 9.53 Å². The van der Waals surface area contributed by atoms with E-state index in [1.54, 1.807) is 0 Å². The maximum atomic E-state index is 12.5. The van der Waals surface area contributed by atoms with Crippen LogP contribution in [0, 0.1) is 0 Å². The largest absolute Gasteiger partial charge is 0.462 e. The summed E-state index contributed by atoms with van der Waals surface area (Å²) < 4.78 is 5.28. The minimum Gasteiger partial charge on any atom is -0.462 e. The van der Waals surface area contributed by atoms with Crippen LogP contribution < -0.4 is 0 Å². The van der Waals surface area contributed by atoms with Crippen LogP contribution in [0.5, 0.6) is 0 Å². The zero-order valence-corrected chi connectivity index (χ0v) is 13.7. The number of fused-ring (bicyclic) bond motifs is 7. The Morgan fingerprint density at radius 3 is 2.24 bits per heavy atom. The second kappa shape index (κ2) is 5.11. The lowest BCUT2D eigenvalue weighted by atomic mass is 10.0. The normalized spacial score (nSPS) is 11.7. The van der Waals surface area contributed by atoms with E-state index in [0.29, 0.717) is 12.2 Å². The molecule has 0 spiro atoms. The third kappa shape index (κ3) is 1.91. The van der Waals surface area contributed by atoms with Crippen molar-refractivity contribution in [3.63, 3.8) is 0 Å². The highest BCUT2D eigenvalue weighted by Crippen LogP contribution is 2.38. The van der Waals surface area contributed by atoms with E-state index in [1.165, 1.54) is 0 Å². The molecule has 2 N–H and O–H groups in total. The fourth-order valence-electron chi connectivity index (χ4n) is 3.73. The molecule has 0 bridgehead atoms. The maximum absolute atomic E-state index is 12.5. The molecule has 4 heteroatoms. The third-order valence-electron chi connectivity index (χ3n) is 4.74. The van der Waals surface area contributed by atoms with Gasteiger partial charge in [-0.2, -0.15) is 0 Å². The van der Waals surface area contributed by atoms with Gasteiger partial charge >= 0.3 is 5.97 Å². The topological polar surface area (TPSA) is 57.9 Å². The van der Waals surface area contributed by atoms with Crippen LogP contribution in [0.3, 0.4) is 0 Å². The SMILES string of the molecule is CCOC(=O)c1cc2[nH]c3ccccc3c2c2c1[nH]c1ccccc12. The molecule has 0 radical (unpaired) electrons. The summed E-state index contributed by atoms with van der Waals surface area (Å²) in [4.78, 5) is 19.4. The molecule has 0 saturated heterocycles. The average Bonchev–Trinajstić information content (AvgIpc) is 3.18. The van der Waals surface area contributed by atoms with Crippen LogP contribution in [0.4, 0.5) is 0 Å². The predicted octanol–water partition coefficient (Wildman–Crippen LogP) is 5.13. The number of nitrogens with one attached hydrogen (secondary N) is 2. The average molecular weight is 328 g/mol. The minimum atomic E-state index is -0.306. The number of hydrogen-bond acceptors (Lipinski definition) is 2. The van der Waals surface area contributed by atoms with Gasteiger partial charge in [0.15, 0.2) is 0 Å². The highest BCUT2D eigenvalue weighted by Gasteiger charge is 2.20. The molecule has 5 rings (SSSR count). The van der Waals surface area contributed by atoms with Crippen molar-refractivity contribution in [2.24, 2.45) is 0 Å². The summed E-state index contributed by atoms with van der Waals surface area (Å²) >= 11 is 0. The van der Waals surface area contributed by atoms with E-state index in [0.717, 1.165) is 43.6 Å². The van der Waals surface area contributed by atoms with Gasteiger partial charge in [-0.1, -0.05) is 36.4 Å². The van der Waals surface area contributed by atoms with Gasteiger partial charge < -0.3 is 14.7 Å². The van der Waals surface area contributed by atoms with Gasteiger partial charge in [0, 0.05) is 38.1 Å². The fraction of sp³-hybridized carbons (Fsp3) is 0.0952. The Labute approximate surface area is 143 Å². The molecule has 4 nitrogen and oxygen atoms in total. The summed E-state index contributed by atoms with van der Waals surface area (Å²) in [5.41, 5.74) is 4.41. The predicted molar refractivity (Wildman–Crippen MR) is 101 cm³/mol. The Bertz CT molecular complexity index is 1280. The maximum Gasteiger partial charge on any atom is 0.340 e. The van der Waals surface area contributed by atoms with Crippen molar-refractivity contribution in [2.75, 3.05) is 6.61 Å². The second-order valence-electron chi connectivity index (χ2n) is 6.16.